The van der Waals surface area contributed by atoms with E-state index in [4.69, 9.17) is 16.7 Å². The fourth-order valence-corrected chi connectivity index (χ4v) is 4.95. The summed E-state index contributed by atoms with van der Waals surface area (Å²) in [6, 6.07) is 27.6. The molecule has 34 heavy (non-hydrogen) atoms. The van der Waals surface area contributed by atoms with E-state index >= 15 is 0 Å². The Labute approximate surface area is 202 Å². The van der Waals surface area contributed by atoms with Crippen LogP contribution in [0.3, 0.4) is 0 Å². The molecule has 4 nitrogen and oxygen atoms in total. The first kappa shape index (κ1) is 20.6. The van der Waals surface area contributed by atoms with Crippen LogP contribution in [0.25, 0.3) is 38.9 Å². The third-order valence-electron chi connectivity index (χ3n) is 6.30. The van der Waals surface area contributed by atoms with Crippen molar-refractivity contribution in [2.75, 3.05) is 0 Å². The molecule has 0 saturated heterocycles. The number of hydrogen-bond acceptors (Lipinski definition) is 3. The van der Waals surface area contributed by atoms with Gasteiger partial charge in [-0.3, -0.25) is 9.78 Å². The fraction of sp³-hybridized carbons (Fsp3) is 0.0690. The topological polar surface area (TPSA) is 47.8 Å². The number of benzene rings is 3. The maximum atomic E-state index is 13.9. The summed E-state index contributed by atoms with van der Waals surface area (Å²) >= 11 is 6.31. The van der Waals surface area contributed by atoms with Gasteiger partial charge in [0.25, 0.3) is 5.91 Å². The minimum absolute atomic E-state index is 0.118. The van der Waals surface area contributed by atoms with Gasteiger partial charge < -0.3 is 0 Å². The minimum Gasteiger partial charge on any atom is -0.267 e. The molecule has 164 valence electrons. The summed E-state index contributed by atoms with van der Waals surface area (Å²) in [6.07, 6.45) is 2.40. The molecule has 0 N–H and O–H groups in total. The van der Waals surface area contributed by atoms with Crippen molar-refractivity contribution in [1.82, 2.24) is 14.8 Å². The zero-order valence-electron chi connectivity index (χ0n) is 18.5. The van der Waals surface area contributed by atoms with Gasteiger partial charge in [-0.15, -0.1) is 0 Å². The first-order chi connectivity index (χ1) is 16.6. The summed E-state index contributed by atoms with van der Waals surface area (Å²) in [5, 5.41) is 6.49. The smallest absolute Gasteiger partial charge is 0.267 e. The van der Waals surface area contributed by atoms with Crippen molar-refractivity contribution in [1.29, 1.82) is 0 Å². The van der Waals surface area contributed by atoms with Gasteiger partial charge in [0.15, 0.2) is 0 Å². The lowest BCUT2D eigenvalue weighted by molar-refractivity contribution is 0.0958. The van der Waals surface area contributed by atoms with Crippen molar-refractivity contribution < 1.29 is 4.79 Å². The van der Waals surface area contributed by atoms with Crippen LogP contribution in [0.15, 0.2) is 96.7 Å². The number of nitrogens with zero attached hydrogens (tertiary/aromatic N) is 3. The molecular weight excluding hydrogens is 442 g/mol. The van der Waals surface area contributed by atoms with Gasteiger partial charge in [0, 0.05) is 39.7 Å². The Hall–Kier alpha value is -4.02. The third kappa shape index (κ3) is 3.35. The molecular formula is C29H20ClN3O. The molecule has 0 amide bonds. The van der Waals surface area contributed by atoms with Gasteiger partial charge in [0.1, 0.15) is 5.69 Å². The van der Waals surface area contributed by atoms with Crippen molar-refractivity contribution in [3.8, 4) is 22.4 Å². The molecule has 6 rings (SSSR count). The molecule has 0 spiro atoms. The van der Waals surface area contributed by atoms with Crippen molar-refractivity contribution in [2.45, 2.75) is 13.3 Å². The summed E-state index contributed by atoms with van der Waals surface area (Å²) in [7, 11) is 0. The van der Waals surface area contributed by atoms with Gasteiger partial charge in [-0.25, -0.2) is 0 Å². The number of rotatable bonds is 3. The average Bonchev–Trinajstić information content (AvgIpc) is 3.24. The standard InChI is InChI=1S/C29H20ClN3O/c1-18-15-25-27(19-7-3-2-4-8-19)28(22-9-5-11-23(30)17-22)32-33(25)29(34)26(18)21-12-13-24-20(16-21)10-6-14-31-24/h2-14,16-17H,15H2,1H3. The number of fused-ring (bicyclic) bond motifs is 2. The lowest BCUT2D eigenvalue weighted by atomic mass is 9.90. The lowest BCUT2D eigenvalue weighted by Crippen LogP contribution is -2.23. The maximum Gasteiger partial charge on any atom is 0.279 e. The second kappa shape index (κ2) is 8.08. The van der Waals surface area contributed by atoms with E-state index in [0.717, 1.165) is 50.1 Å². The Morgan fingerprint density at radius 2 is 1.68 bits per heavy atom. The molecule has 5 aromatic rings. The first-order valence-electron chi connectivity index (χ1n) is 11.1. The molecule has 0 bridgehead atoms. The Morgan fingerprint density at radius 1 is 0.853 bits per heavy atom. The zero-order valence-corrected chi connectivity index (χ0v) is 19.3. The molecule has 1 aliphatic heterocycles. The van der Waals surface area contributed by atoms with Crippen molar-refractivity contribution in [3.05, 3.63) is 113 Å². The number of carbonyl (C=O) groups is 1. The Bertz CT molecular complexity index is 1620. The number of carbonyl (C=O) groups excluding carboxylic acids is 1. The van der Waals surface area contributed by atoms with E-state index < -0.39 is 0 Å². The van der Waals surface area contributed by atoms with E-state index in [1.807, 2.05) is 79.7 Å². The summed E-state index contributed by atoms with van der Waals surface area (Å²) in [6.45, 7) is 2.03. The number of aromatic nitrogens is 3. The molecule has 0 atom stereocenters. The normalized spacial score (nSPS) is 13.4. The van der Waals surface area contributed by atoms with Crippen LogP contribution in [0.2, 0.25) is 5.02 Å². The molecule has 1 aliphatic rings. The first-order valence-corrected chi connectivity index (χ1v) is 11.5. The van der Waals surface area contributed by atoms with Crippen molar-refractivity contribution in [2.24, 2.45) is 0 Å². The molecule has 5 heteroatoms. The number of allylic oxidation sites excluding steroid dienone is 2. The van der Waals surface area contributed by atoms with E-state index in [1.165, 1.54) is 0 Å². The predicted octanol–water partition coefficient (Wildman–Crippen LogP) is 7.09. The van der Waals surface area contributed by atoms with E-state index in [-0.39, 0.29) is 5.91 Å². The summed E-state index contributed by atoms with van der Waals surface area (Å²) in [4.78, 5) is 18.3. The van der Waals surface area contributed by atoms with Gasteiger partial charge in [-0.05, 0) is 48.4 Å². The number of pyridine rings is 1. The number of hydrogen-bond donors (Lipinski definition) is 0. The van der Waals surface area contributed by atoms with Crippen LogP contribution in [0.1, 0.15) is 23.0 Å². The van der Waals surface area contributed by atoms with Gasteiger partial charge in [0.2, 0.25) is 0 Å². The highest BCUT2D eigenvalue weighted by molar-refractivity contribution is 6.31. The Balaban J connectivity index is 1.55. The van der Waals surface area contributed by atoms with Gasteiger partial charge in [-0.2, -0.15) is 9.78 Å². The average molecular weight is 462 g/mol. The van der Waals surface area contributed by atoms with E-state index in [1.54, 1.807) is 10.9 Å². The maximum absolute atomic E-state index is 13.9. The predicted molar refractivity (Wildman–Crippen MR) is 137 cm³/mol. The SMILES string of the molecule is CC1=C(c2ccc3ncccc3c2)C(=O)n2nc(-c3cccc(Cl)c3)c(-c3ccccc3)c2C1. The van der Waals surface area contributed by atoms with Gasteiger partial charge in [-0.1, -0.05) is 71.8 Å². The molecule has 0 fully saturated rings. The Kier molecular flexibility index (Phi) is 4.89. The zero-order chi connectivity index (χ0) is 23.2. The second-order valence-corrected chi connectivity index (χ2v) is 8.94. The monoisotopic (exact) mass is 461 g/mol. The van der Waals surface area contributed by atoms with Crippen molar-refractivity contribution >= 4 is 34.0 Å². The highest BCUT2D eigenvalue weighted by atomic mass is 35.5. The van der Waals surface area contributed by atoms with Gasteiger partial charge >= 0.3 is 0 Å². The highest BCUT2D eigenvalue weighted by Gasteiger charge is 2.31. The van der Waals surface area contributed by atoms with Crippen LogP contribution < -0.4 is 0 Å². The molecule has 3 heterocycles. The van der Waals surface area contributed by atoms with Crippen molar-refractivity contribution in [3.63, 3.8) is 0 Å². The molecule has 0 aliphatic carbocycles. The van der Waals surface area contributed by atoms with Crippen LogP contribution >= 0.6 is 11.6 Å². The molecule has 0 unspecified atom stereocenters. The molecule has 3 aromatic carbocycles. The molecule has 0 radical (unpaired) electrons. The van der Waals surface area contributed by atoms with Crippen LogP contribution in [0.4, 0.5) is 0 Å². The van der Waals surface area contributed by atoms with E-state index in [9.17, 15) is 4.79 Å². The third-order valence-corrected chi connectivity index (χ3v) is 6.53. The molecule has 0 saturated carbocycles. The van der Waals surface area contributed by atoms with Crippen LogP contribution in [0.5, 0.6) is 0 Å². The number of halogens is 1. The van der Waals surface area contributed by atoms with Crippen LogP contribution in [0, 0.1) is 0 Å². The van der Waals surface area contributed by atoms with E-state index in [0.29, 0.717) is 17.0 Å². The highest BCUT2D eigenvalue weighted by Crippen LogP contribution is 2.40. The largest absolute Gasteiger partial charge is 0.279 e. The summed E-state index contributed by atoms with van der Waals surface area (Å²) in [5.74, 6) is -0.118. The van der Waals surface area contributed by atoms with Gasteiger partial charge in [0.05, 0.1) is 11.2 Å². The second-order valence-electron chi connectivity index (χ2n) is 8.51. The lowest BCUT2D eigenvalue weighted by Gasteiger charge is -2.20. The molecule has 2 aromatic heterocycles. The minimum atomic E-state index is -0.118. The van der Waals surface area contributed by atoms with Crippen LogP contribution in [-0.4, -0.2) is 20.7 Å². The fourth-order valence-electron chi connectivity index (χ4n) is 4.76. The quantitative estimate of drug-likeness (QED) is 0.288. The van der Waals surface area contributed by atoms with E-state index in [2.05, 4.69) is 17.1 Å². The summed E-state index contributed by atoms with van der Waals surface area (Å²) < 4.78 is 1.58. The van der Waals surface area contributed by atoms with Crippen LogP contribution in [-0.2, 0) is 6.42 Å². The Morgan fingerprint density at radius 3 is 2.50 bits per heavy atom. The summed E-state index contributed by atoms with van der Waals surface area (Å²) in [5.41, 5.74) is 8.04.